The molecule has 0 radical (unpaired) electrons. The number of rotatable bonds is 1. The van der Waals surface area contributed by atoms with Crippen molar-refractivity contribution in [3.8, 4) is 11.3 Å². The average molecular weight is 262 g/mol. The van der Waals surface area contributed by atoms with Crippen LogP contribution in [0.3, 0.4) is 0 Å². The summed E-state index contributed by atoms with van der Waals surface area (Å²) in [7, 11) is 0. The third-order valence-corrected chi connectivity index (χ3v) is 3.34. The second-order valence-corrected chi connectivity index (χ2v) is 4.61. The third-order valence-electron chi connectivity index (χ3n) is 3.34. The highest BCUT2D eigenvalue weighted by molar-refractivity contribution is 5.82. The second kappa shape index (κ2) is 4.06. The Morgan fingerprint density at radius 3 is 2.90 bits per heavy atom. The molecule has 4 aromatic rings. The summed E-state index contributed by atoms with van der Waals surface area (Å²) < 4.78 is 5.82. The molecule has 96 valence electrons. The predicted octanol–water partition coefficient (Wildman–Crippen LogP) is 3.34. The largest absolute Gasteiger partial charge is 0.456 e. The molecule has 20 heavy (non-hydrogen) atoms. The van der Waals surface area contributed by atoms with Crippen molar-refractivity contribution in [1.29, 1.82) is 0 Å². The molecular formula is C16H10N2O2. The highest BCUT2D eigenvalue weighted by atomic mass is 16.3. The van der Waals surface area contributed by atoms with Crippen molar-refractivity contribution in [3.05, 3.63) is 65.1 Å². The molecule has 0 amide bonds. The van der Waals surface area contributed by atoms with Gasteiger partial charge in [-0.1, -0.05) is 12.1 Å². The van der Waals surface area contributed by atoms with Gasteiger partial charge < -0.3 is 9.40 Å². The van der Waals surface area contributed by atoms with Gasteiger partial charge in [-0.3, -0.25) is 4.79 Å². The number of fused-ring (bicyclic) bond motifs is 2. The molecular weight excluding hydrogens is 252 g/mol. The van der Waals surface area contributed by atoms with E-state index in [0.717, 1.165) is 16.6 Å². The van der Waals surface area contributed by atoms with Crippen LogP contribution >= 0.6 is 0 Å². The van der Waals surface area contributed by atoms with E-state index >= 15 is 0 Å². The molecule has 2 heterocycles. The van der Waals surface area contributed by atoms with Crippen molar-refractivity contribution in [1.82, 2.24) is 9.97 Å². The molecule has 0 bridgehead atoms. The number of benzene rings is 2. The van der Waals surface area contributed by atoms with Gasteiger partial charge in [-0.15, -0.1) is 0 Å². The second-order valence-electron chi connectivity index (χ2n) is 4.61. The van der Waals surface area contributed by atoms with Crippen molar-refractivity contribution in [2.45, 2.75) is 0 Å². The number of hydrogen-bond donors (Lipinski definition) is 1. The van der Waals surface area contributed by atoms with Crippen LogP contribution in [0.5, 0.6) is 0 Å². The van der Waals surface area contributed by atoms with Gasteiger partial charge in [-0.05, 0) is 30.3 Å². The number of imidazole rings is 1. The number of aromatic amines is 1. The van der Waals surface area contributed by atoms with Gasteiger partial charge >= 0.3 is 0 Å². The molecule has 0 aliphatic heterocycles. The van der Waals surface area contributed by atoms with Crippen molar-refractivity contribution in [2.24, 2.45) is 0 Å². The summed E-state index contributed by atoms with van der Waals surface area (Å²) in [6.07, 6.45) is 1.64. The Hall–Kier alpha value is -2.88. The Kier molecular flexibility index (Phi) is 2.23. The van der Waals surface area contributed by atoms with E-state index in [2.05, 4.69) is 9.97 Å². The van der Waals surface area contributed by atoms with E-state index in [0.29, 0.717) is 16.7 Å². The lowest BCUT2D eigenvalue weighted by Gasteiger charge is -2.03. The first-order chi connectivity index (χ1) is 9.81. The zero-order valence-corrected chi connectivity index (χ0v) is 10.5. The Balaban J connectivity index is 1.99. The molecule has 0 aliphatic rings. The molecule has 4 heteroatoms. The van der Waals surface area contributed by atoms with Crippen LogP contribution in [0.15, 0.2) is 64.1 Å². The molecule has 2 aromatic carbocycles. The fraction of sp³-hybridized carbons (Fsp3) is 0. The Morgan fingerprint density at radius 2 is 1.95 bits per heavy atom. The molecule has 0 fully saturated rings. The Morgan fingerprint density at radius 1 is 1.05 bits per heavy atom. The molecule has 0 saturated heterocycles. The fourth-order valence-electron chi connectivity index (χ4n) is 2.34. The monoisotopic (exact) mass is 262 g/mol. The maximum atomic E-state index is 12.1. The van der Waals surface area contributed by atoms with Crippen LogP contribution in [0.4, 0.5) is 0 Å². The van der Waals surface area contributed by atoms with Gasteiger partial charge in [0.25, 0.3) is 0 Å². The molecule has 0 saturated carbocycles. The summed E-state index contributed by atoms with van der Waals surface area (Å²) in [6, 6.07) is 14.5. The minimum atomic E-state index is -0.0356. The summed E-state index contributed by atoms with van der Waals surface area (Å²) in [5, 5.41) is 0.596. The smallest absolute Gasteiger partial charge is 0.193 e. The van der Waals surface area contributed by atoms with Crippen LogP contribution in [0, 0.1) is 0 Å². The van der Waals surface area contributed by atoms with Gasteiger partial charge in [0.1, 0.15) is 11.3 Å². The number of H-pyrrole nitrogens is 1. The van der Waals surface area contributed by atoms with Gasteiger partial charge in [0.15, 0.2) is 5.43 Å². The molecule has 0 aliphatic carbocycles. The average Bonchev–Trinajstić information content (AvgIpc) is 2.94. The van der Waals surface area contributed by atoms with E-state index in [4.69, 9.17) is 4.42 Å². The number of nitrogens with one attached hydrogen (secondary N) is 1. The van der Waals surface area contributed by atoms with Gasteiger partial charge in [-0.25, -0.2) is 4.98 Å². The third kappa shape index (κ3) is 1.62. The van der Waals surface area contributed by atoms with Gasteiger partial charge in [0.2, 0.25) is 0 Å². The highest BCUT2D eigenvalue weighted by Crippen LogP contribution is 2.24. The summed E-state index contributed by atoms with van der Waals surface area (Å²) in [6.45, 7) is 0. The summed E-state index contributed by atoms with van der Waals surface area (Å²) in [4.78, 5) is 19.3. The summed E-state index contributed by atoms with van der Waals surface area (Å²) in [5.41, 5.74) is 3.21. The van der Waals surface area contributed by atoms with Gasteiger partial charge in [0, 0.05) is 11.6 Å². The number of nitrogens with zero attached hydrogens (tertiary/aromatic N) is 1. The maximum Gasteiger partial charge on any atom is 0.193 e. The molecule has 2 aromatic heterocycles. The van der Waals surface area contributed by atoms with Crippen molar-refractivity contribution in [2.75, 3.05) is 0 Å². The molecule has 0 atom stereocenters. The van der Waals surface area contributed by atoms with Gasteiger partial charge in [0.05, 0.1) is 22.7 Å². The number of aromatic nitrogens is 2. The Labute approximate surface area is 113 Å². The van der Waals surface area contributed by atoms with E-state index in [1.807, 2.05) is 30.3 Å². The first-order valence-electron chi connectivity index (χ1n) is 6.28. The van der Waals surface area contributed by atoms with Gasteiger partial charge in [-0.2, -0.15) is 0 Å². The Bertz CT molecular complexity index is 982. The van der Waals surface area contributed by atoms with Crippen molar-refractivity contribution < 1.29 is 4.42 Å². The highest BCUT2D eigenvalue weighted by Gasteiger charge is 2.07. The maximum absolute atomic E-state index is 12.1. The van der Waals surface area contributed by atoms with Crippen molar-refractivity contribution >= 4 is 22.0 Å². The van der Waals surface area contributed by atoms with E-state index in [9.17, 15) is 4.79 Å². The normalized spacial score (nSPS) is 11.2. The fourth-order valence-corrected chi connectivity index (χ4v) is 2.34. The van der Waals surface area contributed by atoms with E-state index in [1.165, 1.54) is 6.07 Å². The first kappa shape index (κ1) is 11.0. The zero-order valence-electron chi connectivity index (χ0n) is 10.5. The predicted molar refractivity (Wildman–Crippen MR) is 77.6 cm³/mol. The SMILES string of the molecule is O=c1cc(-c2ccc3nc[nH]c3c2)oc2ccccc12. The number of para-hydroxylation sites is 1. The van der Waals surface area contributed by atoms with Crippen LogP contribution < -0.4 is 5.43 Å². The number of hydrogen-bond acceptors (Lipinski definition) is 3. The van der Waals surface area contributed by atoms with Crippen LogP contribution in [-0.4, -0.2) is 9.97 Å². The standard InChI is InChI=1S/C16H10N2O2/c19-14-8-16(20-15-4-2-1-3-11(14)15)10-5-6-12-13(7-10)18-9-17-12/h1-9H,(H,17,18). The lowest BCUT2D eigenvalue weighted by molar-refractivity contribution is 0.619. The lowest BCUT2D eigenvalue weighted by Crippen LogP contribution is -1.99. The molecule has 0 unspecified atom stereocenters. The van der Waals surface area contributed by atoms with E-state index < -0.39 is 0 Å². The summed E-state index contributed by atoms with van der Waals surface area (Å²) in [5.74, 6) is 0.560. The lowest BCUT2D eigenvalue weighted by atomic mass is 10.1. The van der Waals surface area contributed by atoms with Crippen LogP contribution in [0.2, 0.25) is 0 Å². The molecule has 0 spiro atoms. The topological polar surface area (TPSA) is 58.9 Å². The van der Waals surface area contributed by atoms with E-state index in [1.54, 1.807) is 18.5 Å². The first-order valence-corrected chi connectivity index (χ1v) is 6.28. The quantitative estimate of drug-likeness (QED) is 0.572. The molecule has 1 N–H and O–H groups in total. The van der Waals surface area contributed by atoms with Crippen LogP contribution in [0.25, 0.3) is 33.3 Å². The van der Waals surface area contributed by atoms with Crippen molar-refractivity contribution in [3.63, 3.8) is 0 Å². The van der Waals surface area contributed by atoms with E-state index in [-0.39, 0.29) is 5.43 Å². The van der Waals surface area contributed by atoms with Crippen LogP contribution in [0.1, 0.15) is 0 Å². The zero-order chi connectivity index (χ0) is 13.5. The minimum Gasteiger partial charge on any atom is -0.456 e. The minimum absolute atomic E-state index is 0.0356. The van der Waals surface area contributed by atoms with Crippen LogP contribution in [-0.2, 0) is 0 Å². The molecule has 4 rings (SSSR count). The summed E-state index contributed by atoms with van der Waals surface area (Å²) >= 11 is 0. The molecule has 4 nitrogen and oxygen atoms in total.